The lowest BCUT2D eigenvalue weighted by molar-refractivity contribution is -0.161. The second-order valence-electron chi connectivity index (χ2n) is 13.6. The van der Waals surface area contributed by atoms with Crippen LogP contribution in [0.3, 0.4) is 0 Å². The van der Waals surface area contributed by atoms with Gasteiger partial charge in [0.2, 0.25) is 0 Å². The van der Waals surface area contributed by atoms with E-state index >= 15 is 0 Å². The van der Waals surface area contributed by atoms with Crippen LogP contribution in [0.1, 0.15) is 69.1 Å². The minimum absolute atomic E-state index is 0.0727. The first-order valence-electron chi connectivity index (χ1n) is 17.7. The topological polar surface area (TPSA) is 99.2 Å². The molecule has 9 nitrogen and oxygen atoms in total. The lowest BCUT2D eigenvalue weighted by atomic mass is 9.86. The van der Waals surface area contributed by atoms with E-state index in [9.17, 15) is 18.4 Å². The molecular weight excluding hydrogens is 747 g/mol. The van der Waals surface area contributed by atoms with Gasteiger partial charge in [0.15, 0.2) is 11.5 Å². The van der Waals surface area contributed by atoms with E-state index in [4.69, 9.17) is 42.1 Å². The first-order chi connectivity index (χ1) is 25.7. The molecule has 2 bridgehead atoms. The van der Waals surface area contributed by atoms with E-state index in [1.165, 1.54) is 29.8 Å². The number of hydrogen-bond donors (Lipinski definition) is 1. The van der Waals surface area contributed by atoms with Gasteiger partial charge < -0.3 is 18.9 Å². The van der Waals surface area contributed by atoms with Crippen LogP contribution in [-0.4, -0.2) is 60.8 Å². The second-order valence-corrected chi connectivity index (χ2v) is 15.6. The zero-order valence-electron chi connectivity index (χ0n) is 28.7. The lowest BCUT2D eigenvalue weighted by Crippen LogP contribution is -2.52. The van der Waals surface area contributed by atoms with Crippen molar-refractivity contribution in [2.24, 2.45) is 11.8 Å². The maximum atomic E-state index is 13.7. The number of carbonyl (C=O) groups is 2. The van der Waals surface area contributed by atoms with Gasteiger partial charge in [-0.3, -0.25) is 15.2 Å². The summed E-state index contributed by atoms with van der Waals surface area (Å²) in [5.41, 5.74) is 1.76. The van der Waals surface area contributed by atoms with Gasteiger partial charge in [-0.25, -0.2) is 9.59 Å². The van der Waals surface area contributed by atoms with Crippen LogP contribution in [0.2, 0.25) is 10.0 Å². The smallest absolute Gasteiger partial charge is 0.387 e. The average molecular weight is 787 g/mol. The number of carbonyl (C=O) groups excluding carboxylic acids is 2. The largest absolute Gasteiger partial charge is 0.489 e. The Bertz CT molecular complexity index is 1870. The van der Waals surface area contributed by atoms with Gasteiger partial charge >= 0.3 is 18.6 Å². The van der Waals surface area contributed by atoms with Gasteiger partial charge in [-0.2, -0.15) is 8.78 Å². The molecule has 1 aliphatic carbocycles. The molecular formula is C39H39Cl2F2N3O6S. The van der Waals surface area contributed by atoms with Crippen molar-refractivity contribution in [3.05, 3.63) is 110 Å². The Morgan fingerprint density at radius 2 is 1.70 bits per heavy atom. The maximum absolute atomic E-state index is 13.7. The van der Waals surface area contributed by atoms with Crippen LogP contribution in [0.15, 0.2) is 73.1 Å². The highest BCUT2D eigenvalue weighted by atomic mass is 35.5. The number of nitrogens with one attached hydrogen (secondary N) is 1. The van der Waals surface area contributed by atoms with Gasteiger partial charge in [-0.15, -0.1) is 11.3 Å². The molecule has 1 N–H and O–H groups in total. The summed E-state index contributed by atoms with van der Waals surface area (Å²) >= 11 is 14.2. The van der Waals surface area contributed by atoms with E-state index < -0.39 is 24.7 Å². The molecule has 1 saturated carbocycles. The molecule has 5 heterocycles. The first-order valence-corrected chi connectivity index (χ1v) is 19.3. The van der Waals surface area contributed by atoms with Crippen LogP contribution in [0.25, 0.3) is 0 Å². The summed E-state index contributed by atoms with van der Waals surface area (Å²) in [6.07, 6.45) is 5.97. The molecule has 53 heavy (non-hydrogen) atoms. The van der Waals surface area contributed by atoms with Gasteiger partial charge in [0.1, 0.15) is 23.1 Å². The maximum Gasteiger partial charge on any atom is 0.387 e. The lowest BCUT2D eigenvalue weighted by Gasteiger charge is -2.44. The van der Waals surface area contributed by atoms with E-state index in [1.807, 2.05) is 30.3 Å². The van der Waals surface area contributed by atoms with Crippen LogP contribution in [0.5, 0.6) is 11.5 Å². The van der Waals surface area contributed by atoms with Crippen molar-refractivity contribution in [2.45, 2.75) is 63.5 Å². The number of ether oxygens (including phenoxy) is 4. The highest BCUT2D eigenvalue weighted by molar-refractivity contribution is 7.13. The van der Waals surface area contributed by atoms with Crippen LogP contribution in [0, 0.1) is 11.8 Å². The van der Waals surface area contributed by atoms with Crippen molar-refractivity contribution in [1.82, 2.24) is 15.2 Å². The number of nitrogens with zero attached hydrogens (tertiary/aromatic N) is 2. The number of alkyl halides is 2. The van der Waals surface area contributed by atoms with E-state index in [1.54, 1.807) is 24.3 Å². The fourth-order valence-corrected chi connectivity index (χ4v) is 8.15. The summed E-state index contributed by atoms with van der Waals surface area (Å²) in [6, 6.07) is 16.7. The Morgan fingerprint density at radius 3 is 2.38 bits per heavy atom. The third-order valence-corrected chi connectivity index (χ3v) is 11.6. The van der Waals surface area contributed by atoms with Crippen molar-refractivity contribution in [3.63, 3.8) is 0 Å². The first kappa shape index (κ1) is 37.5. The van der Waals surface area contributed by atoms with Gasteiger partial charge in [0, 0.05) is 36.8 Å². The van der Waals surface area contributed by atoms with E-state index in [0.717, 1.165) is 55.8 Å². The summed E-state index contributed by atoms with van der Waals surface area (Å²) in [5.74, 6) is -0.206. The zero-order chi connectivity index (χ0) is 36.9. The summed E-state index contributed by atoms with van der Waals surface area (Å²) < 4.78 is 49.3. The van der Waals surface area contributed by atoms with Gasteiger partial charge in [0.05, 0.1) is 16.7 Å². The molecule has 0 radical (unpaired) electrons. The molecule has 0 spiro atoms. The van der Waals surface area contributed by atoms with Crippen LogP contribution in [-0.2, 0) is 27.2 Å². The minimum Gasteiger partial charge on any atom is -0.489 e. The van der Waals surface area contributed by atoms with Crippen LogP contribution < -0.4 is 14.8 Å². The number of thiophene rings is 1. The molecule has 2 aromatic heterocycles. The number of aromatic nitrogens is 1. The summed E-state index contributed by atoms with van der Waals surface area (Å²) in [4.78, 5) is 34.8. The molecule has 0 amide bonds. The summed E-state index contributed by atoms with van der Waals surface area (Å²) in [5, 5.41) is 3.92. The molecule has 3 aliphatic heterocycles. The molecule has 4 aliphatic rings. The molecule has 1 unspecified atom stereocenters. The number of esters is 2. The molecule has 14 heteroatoms. The fraction of sp³-hybridized carbons (Fsp3) is 0.410. The van der Waals surface area contributed by atoms with E-state index in [0.29, 0.717) is 41.0 Å². The Balaban J connectivity index is 1.07. The molecule has 2 aromatic carbocycles. The third kappa shape index (κ3) is 9.66. The third-order valence-electron chi connectivity index (χ3n) is 9.89. The normalized spacial score (nSPS) is 20.5. The Hall–Kier alpha value is -3.81. The van der Waals surface area contributed by atoms with E-state index in [-0.39, 0.29) is 40.0 Å². The number of rotatable bonds is 16. The van der Waals surface area contributed by atoms with Crippen molar-refractivity contribution in [2.75, 3.05) is 26.2 Å². The SMILES string of the molecule is O=C(O[C@@H](Cc1c(Cl)cncc1Cl)c1ccc(OC(F)F)c(OCC2CC2)c1)c1ccc(CNC(C(=O)O[C@H]2CN3CCC2CC3)c2ccccc2)s1. The Labute approximate surface area is 320 Å². The van der Waals surface area contributed by atoms with Gasteiger partial charge in [0.25, 0.3) is 0 Å². The predicted octanol–water partition coefficient (Wildman–Crippen LogP) is 8.45. The summed E-state index contributed by atoms with van der Waals surface area (Å²) in [7, 11) is 0. The van der Waals surface area contributed by atoms with E-state index in [2.05, 4.69) is 15.2 Å². The minimum atomic E-state index is -3.05. The predicted molar refractivity (Wildman–Crippen MR) is 197 cm³/mol. The molecule has 4 fully saturated rings. The quantitative estimate of drug-likeness (QED) is 0.112. The number of benzene rings is 2. The second kappa shape index (κ2) is 17.1. The Morgan fingerprint density at radius 1 is 0.943 bits per heavy atom. The number of pyridine rings is 1. The molecule has 280 valence electrons. The molecule has 4 aromatic rings. The highest BCUT2D eigenvalue weighted by Crippen LogP contribution is 2.38. The standard InChI is InChI=1S/C39H39Cl2F2N3O6S/c40-29-19-44-20-30(41)28(29)17-32(26-8-10-31(52-39(42)43)33(16-26)49-22-23-6-7-23)50-37(47)35-11-9-27(53-35)18-45-36(25-4-2-1-3-5-25)38(48)51-34-21-46-14-12-24(34)13-15-46/h1-5,8-11,16,19-20,23-24,32,34,36,39,45H,6-7,12-15,17-18,21-22H2/t32-,34-,36?/m0/s1. The zero-order valence-corrected chi connectivity index (χ0v) is 31.1. The monoisotopic (exact) mass is 785 g/mol. The van der Waals surface area contributed by atoms with Gasteiger partial charge in [-0.05, 0) is 91.6 Å². The van der Waals surface area contributed by atoms with Gasteiger partial charge in [-0.1, -0.05) is 59.6 Å². The number of piperidine rings is 3. The number of halogens is 4. The van der Waals surface area contributed by atoms with Crippen molar-refractivity contribution in [3.8, 4) is 11.5 Å². The summed E-state index contributed by atoms with van der Waals surface area (Å²) in [6.45, 7) is 0.459. The number of hydrogen-bond acceptors (Lipinski definition) is 10. The molecule has 3 saturated heterocycles. The molecule has 8 rings (SSSR count). The average Bonchev–Trinajstić information content (AvgIpc) is 3.87. The van der Waals surface area contributed by atoms with Crippen molar-refractivity contribution in [1.29, 1.82) is 0 Å². The van der Waals surface area contributed by atoms with Crippen LogP contribution in [0.4, 0.5) is 8.78 Å². The highest BCUT2D eigenvalue weighted by Gasteiger charge is 2.38. The van der Waals surface area contributed by atoms with Crippen molar-refractivity contribution < 1.29 is 37.3 Å². The number of fused-ring (bicyclic) bond motifs is 3. The Kier molecular flexibility index (Phi) is 12.1. The molecule has 3 atom stereocenters. The van der Waals surface area contributed by atoms with Crippen LogP contribution >= 0.6 is 34.5 Å². The fourth-order valence-electron chi connectivity index (χ4n) is 6.79. The van der Waals surface area contributed by atoms with Crippen molar-refractivity contribution >= 4 is 46.5 Å².